The number of Topliss-reactive ketones (excluding diaryl/α,β-unsaturated/α-hetero) is 1. The SMILES string of the molecule is CCC(=O)CC.CN(C)c1ccc(C2CCCCN2C2(C)C=CC=CC2C2CCCC2)cc1. The molecule has 0 spiro atoms. The molecule has 3 unspecified atom stereocenters. The number of nitrogens with zero attached hydrogens (tertiary/aromatic N) is 2. The maximum atomic E-state index is 10.2. The Kier molecular flexibility index (Phi) is 9.37. The topological polar surface area (TPSA) is 23.6 Å². The molecule has 1 aromatic rings. The van der Waals surface area contributed by atoms with Crippen LogP contribution in [0.5, 0.6) is 0 Å². The van der Waals surface area contributed by atoms with Crippen molar-refractivity contribution in [1.29, 1.82) is 0 Å². The summed E-state index contributed by atoms with van der Waals surface area (Å²) in [5.74, 6) is 1.86. The summed E-state index contributed by atoms with van der Waals surface area (Å²) in [4.78, 5) is 15.2. The van der Waals surface area contributed by atoms with Crippen molar-refractivity contribution in [2.75, 3.05) is 25.5 Å². The van der Waals surface area contributed by atoms with Crippen molar-refractivity contribution in [3.8, 4) is 0 Å². The number of rotatable bonds is 6. The van der Waals surface area contributed by atoms with Crippen LogP contribution in [0.2, 0.25) is 0 Å². The molecule has 2 fully saturated rings. The van der Waals surface area contributed by atoms with Gasteiger partial charge in [-0.25, -0.2) is 0 Å². The number of anilines is 1. The predicted molar refractivity (Wildman–Crippen MR) is 142 cm³/mol. The first kappa shape index (κ1) is 25.7. The van der Waals surface area contributed by atoms with E-state index < -0.39 is 0 Å². The number of hydrogen-bond donors (Lipinski definition) is 0. The van der Waals surface area contributed by atoms with Gasteiger partial charge in [0.25, 0.3) is 0 Å². The van der Waals surface area contributed by atoms with E-state index in [-0.39, 0.29) is 5.54 Å². The zero-order valence-corrected chi connectivity index (χ0v) is 21.7. The van der Waals surface area contributed by atoms with Gasteiger partial charge in [0.1, 0.15) is 5.78 Å². The van der Waals surface area contributed by atoms with E-state index in [1.807, 2.05) is 13.8 Å². The van der Waals surface area contributed by atoms with Crippen LogP contribution in [0.1, 0.15) is 90.2 Å². The molecule has 182 valence electrons. The molecule has 1 aliphatic heterocycles. The van der Waals surface area contributed by atoms with Crippen molar-refractivity contribution < 1.29 is 4.79 Å². The maximum absolute atomic E-state index is 10.2. The van der Waals surface area contributed by atoms with E-state index in [0.717, 1.165) is 5.92 Å². The lowest BCUT2D eigenvalue weighted by Crippen LogP contribution is -2.55. The zero-order valence-electron chi connectivity index (χ0n) is 21.7. The van der Waals surface area contributed by atoms with Gasteiger partial charge in [-0.3, -0.25) is 9.69 Å². The number of piperidine rings is 1. The predicted octanol–water partition coefficient (Wildman–Crippen LogP) is 7.35. The van der Waals surface area contributed by atoms with Crippen molar-refractivity contribution in [3.05, 3.63) is 54.1 Å². The highest BCUT2D eigenvalue weighted by Gasteiger charge is 2.45. The van der Waals surface area contributed by atoms with E-state index in [1.54, 1.807) is 0 Å². The summed E-state index contributed by atoms with van der Waals surface area (Å²) in [6.07, 6.45) is 20.6. The number of carbonyl (C=O) groups is 1. The Bertz CT molecular complexity index is 797. The van der Waals surface area contributed by atoms with Crippen molar-refractivity contribution in [2.24, 2.45) is 11.8 Å². The molecule has 0 aromatic heterocycles. The number of hydrogen-bond acceptors (Lipinski definition) is 3. The summed E-state index contributed by atoms with van der Waals surface area (Å²) in [6, 6.07) is 9.86. The molecule has 1 heterocycles. The van der Waals surface area contributed by atoms with E-state index in [1.165, 1.54) is 62.7 Å². The Hall–Kier alpha value is -1.87. The third-order valence-electron chi connectivity index (χ3n) is 8.15. The van der Waals surface area contributed by atoms with E-state index >= 15 is 0 Å². The highest BCUT2D eigenvalue weighted by atomic mass is 16.1. The Balaban J connectivity index is 0.000000454. The molecule has 3 aliphatic rings. The van der Waals surface area contributed by atoms with Gasteiger partial charge in [-0.1, -0.05) is 69.5 Å². The summed E-state index contributed by atoms with van der Waals surface area (Å²) in [5.41, 5.74) is 2.93. The molecular weight excluding hydrogens is 404 g/mol. The van der Waals surface area contributed by atoms with Crippen LogP contribution in [0.15, 0.2) is 48.6 Å². The molecule has 3 heteroatoms. The van der Waals surface area contributed by atoms with Crippen molar-refractivity contribution in [3.63, 3.8) is 0 Å². The molecule has 1 aromatic carbocycles. The fourth-order valence-electron chi connectivity index (χ4n) is 6.08. The van der Waals surface area contributed by atoms with Crippen LogP contribution in [0.25, 0.3) is 0 Å². The van der Waals surface area contributed by atoms with Crippen LogP contribution < -0.4 is 4.90 Å². The molecule has 4 rings (SSSR count). The molecule has 0 amide bonds. The third-order valence-corrected chi connectivity index (χ3v) is 8.15. The van der Waals surface area contributed by atoms with Gasteiger partial charge in [0, 0.05) is 50.1 Å². The molecule has 1 saturated carbocycles. The van der Waals surface area contributed by atoms with E-state index in [0.29, 0.717) is 30.6 Å². The Morgan fingerprint density at radius 3 is 2.18 bits per heavy atom. The first-order valence-electron chi connectivity index (χ1n) is 13.3. The van der Waals surface area contributed by atoms with Crippen molar-refractivity contribution in [2.45, 2.75) is 90.1 Å². The van der Waals surface area contributed by atoms with Gasteiger partial charge >= 0.3 is 0 Å². The summed E-state index contributed by atoms with van der Waals surface area (Å²) in [7, 11) is 4.24. The Morgan fingerprint density at radius 2 is 1.61 bits per heavy atom. The molecular formula is C30H46N2O. The normalized spacial score (nSPS) is 27.8. The number of likely N-dealkylation sites (tertiary alicyclic amines) is 1. The standard InChI is InChI=1S/C25H36N2.C5H10O/c1-25(18-8-6-12-23(25)20-10-4-5-11-20)27-19-9-7-13-24(27)21-14-16-22(17-15-21)26(2)3;1-3-5(6)4-2/h6,8,12,14-18,20,23-24H,4-5,7,9-11,13,19H2,1-3H3;3-4H2,1-2H3. The summed E-state index contributed by atoms with van der Waals surface area (Å²) >= 11 is 0. The Morgan fingerprint density at radius 1 is 0.970 bits per heavy atom. The lowest BCUT2D eigenvalue weighted by Gasteiger charge is -2.52. The molecule has 2 aliphatic carbocycles. The van der Waals surface area contributed by atoms with E-state index in [9.17, 15) is 4.79 Å². The van der Waals surface area contributed by atoms with Crippen LogP contribution >= 0.6 is 0 Å². The number of benzene rings is 1. The molecule has 33 heavy (non-hydrogen) atoms. The van der Waals surface area contributed by atoms with Gasteiger partial charge in [-0.15, -0.1) is 0 Å². The number of carbonyl (C=O) groups excluding carboxylic acids is 1. The quantitative estimate of drug-likeness (QED) is 0.453. The minimum absolute atomic E-state index is 0.148. The van der Waals surface area contributed by atoms with Crippen LogP contribution in [0.4, 0.5) is 5.69 Å². The Labute approximate surface area is 202 Å². The second-order valence-electron chi connectivity index (χ2n) is 10.5. The minimum Gasteiger partial charge on any atom is -0.378 e. The summed E-state index contributed by atoms with van der Waals surface area (Å²) < 4.78 is 0. The van der Waals surface area contributed by atoms with Crippen LogP contribution in [-0.4, -0.2) is 36.9 Å². The van der Waals surface area contributed by atoms with E-state index in [4.69, 9.17) is 0 Å². The van der Waals surface area contributed by atoms with Gasteiger partial charge in [0.15, 0.2) is 0 Å². The minimum atomic E-state index is 0.148. The van der Waals surface area contributed by atoms with Crippen LogP contribution in [-0.2, 0) is 4.79 Å². The molecule has 0 radical (unpaired) electrons. The van der Waals surface area contributed by atoms with Crippen molar-refractivity contribution >= 4 is 11.5 Å². The van der Waals surface area contributed by atoms with Crippen LogP contribution in [0.3, 0.4) is 0 Å². The first-order chi connectivity index (χ1) is 15.9. The molecule has 1 saturated heterocycles. The lowest BCUT2D eigenvalue weighted by molar-refractivity contribution is -0.118. The van der Waals surface area contributed by atoms with Gasteiger partial charge in [0.05, 0.1) is 0 Å². The maximum Gasteiger partial charge on any atom is 0.132 e. The lowest BCUT2D eigenvalue weighted by atomic mass is 9.71. The summed E-state index contributed by atoms with van der Waals surface area (Å²) in [5, 5.41) is 0. The fourth-order valence-corrected chi connectivity index (χ4v) is 6.08. The van der Waals surface area contributed by atoms with Crippen LogP contribution in [0, 0.1) is 11.8 Å². The number of allylic oxidation sites excluding steroid dienone is 2. The van der Waals surface area contributed by atoms with Gasteiger partial charge < -0.3 is 4.90 Å². The average molecular weight is 451 g/mol. The molecule has 3 nitrogen and oxygen atoms in total. The zero-order chi connectivity index (χ0) is 23.8. The van der Waals surface area contributed by atoms with Gasteiger partial charge in [-0.2, -0.15) is 0 Å². The molecule has 0 N–H and O–H groups in total. The van der Waals surface area contributed by atoms with E-state index in [2.05, 4.69) is 79.4 Å². The second kappa shape index (κ2) is 12.0. The highest BCUT2D eigenvalue weighted by molar-refractivity contribution is 5.77. The smallest absolute Gasteiger partial charge is 0.132 e. The number of ketones is 1. The molecule has 0 bridgehead atoms. The molecule has 3 atom stereocenters. The highest BCUT2D eigenvalue weighted by Crippen LogP contribution is 2.47. The third kappa shape index (κ3) is 6.18. The first-order valence-corrected chi connectivity index (χ1v) is 13.3. The fraction of sp³-hybridized carbons (Fsp3) is 0.633. The second-order valence-corrected chi connectivity index (χ2v) is 10.5. The largest absolute Gasteiger partial charge is 0.378 e. The van der Waals surface area contributed by atoms with Gasteiger partial charge in [0.2, 0.25) is 0 Å². The summed E-state index contributed by atoms with van der Waals surface area (Å²) in [6.45, 7) is 7.50. The average Bonchev–Trinajstić information content (AvgIpc) is 3.39. The monoisotopic (exact) mass is 450 g/mol. The van der Waals surface area contributed by atoms with Gasteiger partial charge in [-0.05, 0) is 62.8 Å². The van der Waals surface area contributed by atoms with Crippen molar-refractivity contribution in [1.82, 2.24) is 4.90 Å².